The minimum Gasteiger partial charge on any atom is -0.492 e. The molecule has 8 nitrogen and oxygen atoms in total. The van der Waals surface area contributed by atoms with Gasteiger partial charge in [-0.25, -0.2) is 8.42 Å². The Hall–Kier alpha value is -3.40. The molecule has 3 fully saturated rings. The van der Waals surface area contributed by atoms with E-state index in [9.17, 15) is 21.6 Å². The van der Waals surface area contributed by atoms with E-state index in [0.717, 1.165) is 69.1 Å². The average molecular weight is 673 g/mol. The maximum atomic E-state index is 13.7. The van der Waals surface area contributed by atoms with Crippen LogP contribution in [0.2, 0.25) is 0 Å². The van der Waals surface area contributed by atoms with Gasteiger partial charge in [0, 0.05) is 67.2 Å². The number of hydrogen-bond donors (Lipinski definition) is 2. The Morgan fingerprint density at radius 3 is 2.47 bits per heavy atom. The highest BCUT2D eigenvalue weighted by molar-refractivity contribution is 7.90. The first-order chi connectivity index (χ1) is 22.4. The van der Waals surface area contributed by atoms with Crippen molar-refractivity contribution in [2.45, 2.75) is 75.1 Å². The molecule has 0 unspecified atom stereocenters. The summed E-state index contributed by atoms with van der Waals surface area (Å²) in [5.41, 5.74) is 2.58. The minimum atomic E-state index is -4.42. The predicted octanol–water partition coefficient (Wildman–Crippen LogP) is 6.30. The van der Waals surface area contributed by atoms with Crippen molar-refractivity contribution in [2.75, 3.05) is 56.3 Å². The summed E-state index contributed by atoms with van der Waals surface area (Å²) in [5.74, 6) is 6.25. The highest BCUT2D eigenvalue weighted by Crippen LogP contribution is 2.43. The molecule has 12 heteroatoms. The van der Waals surface area contributed by atoms with E-state index in [1.54, 1.807) is 31.2 Å². The van der Waals surface area contributed by atoms with E-state index in [4.69, 9.17) is 9.47 Å². The van der Waals surface area contributed by atoms with Gasteiger partial charge in [0.2, 0.25) is 0 Å². The maximum absolute atomic E-state index is 13.7. The first kappa shape index (κ1) is 33.5. The molecule has 1 saturated carbocycles. The van der Waals surface area contributed by atoms with Gasteiger partial charge in [-0.05, 0) is 81.7 Å². The Morgan fingerprint density at radius 2 is 1.79 bits per heavy atom. The zero-order chi connectivity index (χ0) is 33.2. The lowest BCUT2D eigenvalue weighted by Crippen LogP contribution is -2.62. The van der Waals surface area contributed by atoms with Crippen LogP contribution in [0.5, 0.6) is 5.75 Å². The van der Waals surface area contributed by atoms with Crippen LogP contribution in [0.15, 0.2) is 47.4 Å². The van der Waals surface area contributed by atoms with Crippen LogP contribution in [0, 0.1) is 17.3 Å². The van der Waals surface area contributed by atoms with E-state index in [1.807, 2.05) is 6.07 Å². The molecule has 3 aliphatic rings. The number of alkyl halides is 3. The summed E-state index contributed by atoms with van der Waals surface area (Å²) in [6.45, 7) is 5.20. The fraction of sp³-hybridized carbons (Fsp3) is 0.543. The smallest absolute Gasteiger partial charge is 0.406 e. The second-order valence-corrected chi connectivity index (χ2v) is 15.2. The van der Waals surface area contributed by atoms with Crippen LogP contribution in [-0.4, -0.2) is 81.9 Å². The van der Waals surface area contributed by atoms with Gasteiger partial charge in [0.15, 0.2) is 9.84 Å². The number of benzene rings is 2. The van der Waals surface area contributed by atoms with Crippen molar-refractivity contribution in [2.24, 2.45) is 5.41 Å². The molecule has 1 aliphatic carbocycles. The first-order valence-corrected chi connectivity index (χ1v) is 18.3. The Kier molecular flexibility index (Phi) is 9.70. The van der Waals surface area contributed by atoms with Crippen molar-refractivity contribution in [3.05, 3.63) is 48.2 Å². The Balaban J connectivity index is 1.14. The Morgan fingerprint density at radius 1 is 1.04 bits per heavy atom. The molecule has 2 saturated heterocycles. The van der Waals surface area contributed by atoms with E-state index in [2.05, 4.69) is 27.4 Å². The van der Waals surface area contributed by atoms with E-state index in [-0.39, 0.29) is 23.2 Å². The topological polar surface area (TPSA) is 84.8 Å². The number of hydrogen-bond acceptors (Lipinski definition) is 7. The van der Waals surface area contributed by atoms with Gasteiger partial charge >= 0.3 is 6.18 Å². The molecule has 2 N–H and O–H groups in total. The van der Waals surface area contributed by atoms with Crippen molar-refractivity contribution in [1.29, 1.82) is 0 Å². The number of nitrogens with zero attached hydrogens (tertiary/aromatic N) is 2. The van der Waals surface area contributed by atoms with Crippen LogP contribution < -0.4 is 15.4 Å². The van der Waals surface area contributed by atoms with Crippen molar-refractivity contribution in [3.63, 3.8) is 0 Å². The molecule has 0 atom stereocenters. The summed E-state index contributed by atoms with van der Waals surface area (Å²) in [5, 5.41) is 7.48. The van der Waals surface area contributed by atoms with Gasteiger partial charge in [0.25, 0.3) is 0 Å². The lowest BCUT2D eigenvalue weighted by Gasteiger charge is -2.56. The minimum absolute atomic E-state index is 0.117. The maximum Gasteiger partial charge on any atom is 0.406 e. The molecule has 0 amide bonds. The number of rotatable bonds is 9. The summed E-state index contributed by atoms with van der Waals surface area (Å²) in [6.07, 6.45) is 3.29. The Labute approximate surface area is 274 Å². The molecule has 1 spiro atoms. The third-order valence-electron chi connectivity index (χ3n) is 9.75. The first-order valence-electron chi connectivity index (χ1n) is 16.4. The summed E-state index contributed by atoms with van der Waals surface area (Å²) in [4.78, 5) is 2.77. The van der Waals surface area contributed by atoms with Crippen molar-refractivity contribution in [1.82, 2.24) is 9.47 Å². The number of sulfone groups is 1. The summed E-state index contributed by atoms with van der Waals surface area (Å²) in [6, 6.07) is 12.6. The van der Waals surface area contributed by atoms with E-state index >= 15 is 0 Å². The predicted molar refractivity (Wildman–Crippen MR) is 178 cm³/mol. The zero-order valence-corrected chi connectivity index (χ0v) is 27.8. The number of ether oxygens (including phenoxy) is 2. The second-order valence-electron chi connectivity index (χ2n) is 13.2. The van der Waals surface area contributed by atoms with Gasteiger partial charge in [0.05, 0.1) is 34.9 Å². The number of anilines is 2. The van der Waals surface area contributed by atoms with Gasteiger partial charge in [0.1, 0.15) is 12.3 Å². The van der Waals surface area contributed by atoms with Crippen LogP contribution in [0.1, 0.15) is 51.1 Å². The monoisotopic (exact) mass is 672 g/mol. The van der Waals surface area contributed by atoms with Crippen molar-refractivity contribution >= 4 is 32.1 Å². The molecule has 2 aliphatic heterocycles. The van der Waals surface area contributed by atoms with Gasteiger partial charge in [-0.1, -0.05) is 12.0 Å². The molecule has 0 radical (unpaired) electrons. The zero-order valence-electron chi connectivity index (χ0n) is 27.0. The van der Waals surface area contributed by atoms with Gasteiger partial charge < -0.3 is 24.7 Å². The lowest BCUT2D eigenvalue weighted by atomic mass is 9.71. The molecule has 0 bridgehead atoms. The fourth-order valence-corrected chi connectivity index (χ4v) is 7.93. The average Bonchev–Trinajstić information content (AvgIpc) is 3.35. The molecular weight excluding hydrogens is 629 g/mol. The highest BCUT2D eigenvalue weighted by Gasteiger charge is 2.46. The SMILES string of the molecule is CCOc1cc(S(C)(=O)=O)ccc1NCC#Cc1cc2c(N[C@H]3CC[C@@H](N4CC5(CCOCC5)C4)CC3)cccc2n1CC(F)(F)F. The van der Waals surface area contributed by atoms with Crippen molar-refractivity contribution in [3.8, 4) is 17.6 Å². The molecule has 47 heavy (non-hydrogen) atoms. The number of fused-ring (bicyclic) bond motifs is 1. The van der Waals surface area contributed by atoms with Crippen LogP contribution >= 0.6 is 0 Å². The highest BCUT2D eigenvalue weighted by atomic mass is 32.2. The van der Waals surface area contributed by atoms with Crippen LogP contribution in [0.4, 0.5) is 24.5 Å². The summed E-state index contributed by atoms with van der Waals surface area (Å²) < 4.78 is 77.5. The number of likely N-dealkylation sites (tertiary alicyclic amines) is 1. The molecular formula is C35H43F3N4O4S. The number of nitrogens with one attached hydrogen (secondary N) is 2. The third kappa shape index (κ3) is 7.85. The fourth-order valence-electron chi connectivity index (χ4n) is 7.29. The van der Waals surface area contributed by atoms with Gasteiger partial charge in [-0.2, -0.15) is 13.2 Å². The van der Waals surface area contributed by atoms with Crippen LogP contribution in [0.25, 0.3) is 10.9 Å². The third-order valence-corrected chi connectivity index (χ3v) is 10.9. The molecule has 3 aromatic rings. The molecule has 2 aromatic carbocycles. The molecule has 3 heterocycles. The number of aromatic nitrogens is 1. The largest absolute Gasteiger partial charge is 0.492 e. The van der Waals surface area contributed by atoms with E-state index in [1.165, 1.54) is 29.8 Å². The lowest BCUT2D eigenvalue weighted by molar-refractivity contribution is -0.140. The van der Waals surface area contributed by atoms with Gasteiger partial charge in [-0.15, -0.1) is 0 Å². The summed E-state index contributed by atoms with van der Waals surface area (Å²) >= 11 is 0. The number of halogens is 3. The molecule has 1 aromatic heterocycles. The van der Waals surface area contributed by atoms with Crippen LogP contribution in [-0.2, 0) is 21.1 Å². The molecule has 254 valence electrons. The van der Waals surface area contributed by atoms with E-state index < -0.39 is 22.6 Å². The Bertz CT molecular complexity index is 1740. The second kappa shape index (κ2) is 13.6. The quantitative estimate of drug-likeness (QED) is 0.258. The van der Waals surface area contributed by atoms with Crippen LogP contribution in [0.3, 0.4) is 0 Å². The standard InChI is InChI=1S/C35H43F3N4O4S/c1-3-46-33-21-28(47(2,43)44)13-14-31(33)39-17-5-6-27-20-29-30(7-4-8-32(29)42(27)24-35(36,37)38)40-25-9-11-26(12-10-25)41-22-34(23-41)15-18-45-19-16-34/h4,7-8,13-14,20-21,25-26,39-40H,3,9-12,15-19,22-24H2,1-2H3/t25-,26+. The van der Waals surface area contributed by atoms with Crippen molar-refractivity contribution < 1.29 is 31.1 Å². The van der Waals surface area contributed by atoms with Gasteiger partial charge in [-0.3, -0.25) is 4.90 Å². The summed E-state index contributed by atoms with van der Waals surface area (Å²) in [7, 11) is -3.42. The normalized spacial score (nSPS) is 21.6. The molecule has 6 rings (SSSR count). The van der Waals surface area contributed by atoms with E-state index in [0.29, 0.717) is 35.0 Å².